The fourth-order valence-corrected chi connectivity index (χ4v) is 8.65. The van der Waals surface area contributed by atoms with Crippen LogP contribution in [0.1, 0.15) is 53.3 Å². The van der Waals surface area contributed by atoms with Crippen molar-refractivity contribution in [2.24, 2.45) is 5.92 Å². The summed E-state index contributed by atoms with van der Waals surface area (Å²) in [5.74, 6) is 1.65. The van der Waals surface area contributed by atoms with Crippen LogP contribution in [-0.4, -0.2) is 63.6 Å². The number of phenolic OH excluding ortho intramolecular Hbond substituents is 1. The van der Waals surface area contributed by atoms with Gasteiger partial charge in [0.15, 0.2) is 17.6 Å². The minimum atomic E-state index is -3.67. The predicted octanol–water partition coefficient (Wildman–Crippen LogP) is 3.11. The van der Waals surface area contributed by atoms with Gasteiger partial charge in [-0.1, -0.05) is 24.3 Å². The van der Waals surface area contributed by atoms with Crippen LogP contribution >= 0.6 is 0 Å². The lowest BCUT2D eigenvalue weighted by molar-refractivity contribution is -0.173. The van der Waals surface area contributed by atoms with E-state index in [1.807, 2.05) is 0 Å². The third-order valence-electron chi connectivity index (χ3n) is 10.1. The highest BCUT2D eigenvalue weighted by molar-refractivity contribution is 7.85. The summed E-state index contributed by atoms with van der Waals surface area (Å²) in [6.07, 6.45) is 6.59. The maximum Gasteiger partial charge on any atom is 0.261 e. The van der Waals surface area contributed by atoms with Crippen LogP contribution < -0.4 is 4.74 Å². The molecule has 1 saturated heterocycles. The maximum atomic E-state index is 12.9. The fourth-order valence-electron chi connectivity index (χ4n) is 8.65. The molecule has 2 fully saturated rings. The first-order valence-corrected chi connectivity index (χ1v) is 15.5. The smallest absolute Gasteiger partial charge is 0.261 e. The van der Waals surface area contributed by atoms with E-state index in [0.29, 0.717) is 18.4 Å². The van der Waals surface area contributed by atoms with Crippen molar-refractivity contribution in [3.63, 3.8) is 0 Å². The molecule has 2 bridgehead atoms. The molecule has 4 heterocycles. The highest BCUT2D eigenvalue weighted by atomic mass is 32.2. The molecule has 0 radical (unpaired) electrons. The minimum Gasteiger partial charge on any atom is -0.504 e. The Balaban J connectivity index is 0.000000416. The molecular weight excluding hydrogens is 504 g/mol. The minimum absolute atomic E-state index is 0.0959. The summed E-state index contributed by atoms with van der Waals surface area (Å²) in [5, 5.41) is 25.1. The van der Waals surface area contributed by atoms with Gasteiger partial charge in [0.25, 0.3) is 10.1 Å². The molecule has 3 aliphatic heterocycles. The lowest BCUT2D eigenvalue weighted by Crippen LogP contribution is -2.74. The van der Waals surface area contributed by atoms with Crippen molar-refractivity contribution in [1.82, 2.24) is 9.47 Å². The zero-order valence-electron chi connectivity index (χ0n) is 21.4. The van der Waals surface area contributed by atoms with Gasteiger partial charge in [-0.15, -0.1) is 0 Å². The average Bonchev–Trinajstić information content (AvgIpc) is 3.32. The first kappa shape index (κ1) is 23.3. The zero-order chi connectivity index (χ0) is 26.2. The maximum absolute atomic E-state index is 12.9. The van der Waals surface area contributed by atoms with Crippen molar-refractivity contribution in [3.8, 4) is 11.5 Å². The second kappa shape index (κ2) is 7.33. The van der Waals surface area contributed by atoms with Crippen LogP contribution in [0.25, 0.3) is 10.9 Å². The molecule has 3 aliphatic carbocycles. The molecule has 0 amide bonds. The number of hydrogen-bond acceptors (Lipinski definition) is 6. The van der Waals surface area contributed by atoms with Gasteiger partial charge in [0.05, 0.1) is 28.5 Å². The summed E-state index contributed by atoms with van der Waals surface area (Å²) < 4.78 is 35.1. The lowest BCUT2D eigenvalue weighted by Gasteiger charge is -2.63. The normalized spacial score (nSPS) is 31.9. The van der Waals surface area contributed by atoms with Gasteiger partial charge in [0.2, 0.25) is 0 Å². The number of ether oxygens (including phenoxy) is 1. The highest BCUT2D eigenvalue weighted by Crippen LogP contribution is 2.69. The van der Waals surface area contributed by atoms with Crippen molar-refractivity contribution in [2.75, 3.05) is 19.3 Å². The Morgan fingerprint density at radius 3 is 2.68 bits per heavy atom. The van der Waals surface area contributed by atoms with Crippen LogP contribution in [0.2, 0.25) is 0 Å². The van der Waals surface area contributed by atoms with Gasteiger partial charge in [-0.2, -0.15) is 8.42 Å². The van der Waals surface area contributed by atoms with Crippen LogP contribution in [0.4, 0.5) is 0 Å². The standard InChI is InChI=1S/C28H28N2O3.CH4O3S/c31-20-7-6-17-12-21-28(32)13-19-18-3-1-2-16-8-10-30(23(16)18)24(19)26-27(28,22(17)25(20)33-26)9-11-29(21)14-15-4-5-15;1-5(2,3)4/h1-3,6-7,15,21,26,31-32H,4-5,8-14H2;1H3,(H,2,3,4)/t21-,26+,27+,28-;/m1./s1. The summed E-state index contributed by atoms with van der Waals surface area (Å²) >= 11 is 0. The first-order chi connectivity index (χ1) is 18.1. The monoisotopic (exact) mass is 536 g/mol. The molecule has 9 rings (SSSR count). The summed E-state index contributed by atoms with van der Waals surface area (Å²) in [4.78, 5) is 2.61. The van der Waals surface area contributed by atoms with Crippen LogP contribution in [0.3, 0.4) is 0 Å². The number of aliphatic hydroxyl groups is 1. The van der Waals surface area contributed by atoms with Crippen LogP contribution in [-0.2, 0) is 41.3 Å². The molecular formula is C29H32N2O6S. The number of piperidine rings is 1. The number of rotatable bonds is 2. The number of aromatic nitrogens is 1. The molecule has 9 heteroatoms. The molecule has 0 unspecified atom stereocenters. The Morgan fingerprint density at radius 1 is 1.13 bits per heavy atom. The van der Waals surface area contributed by atoms with Crippen molar-refractivity contribution in [3.05, 3.63) is 58.3 Å². The van der Waals surface area contributed by atoms with Gasteiger partial charge in [0, 0.05) is 36.5 Å². The molecule has 1 spiro atoms. The molecule has 1 aromatic heterocycles. The summed E-state index contributed by atoms with van der Waals surface area (Å²) in [5.41, 5.74) is 6.30. The van der Waals surface area contributed by atoms with E-state index in [0.717, 1.165) is 50.4 Å². The van der Waals surface area contributed by atoms with Crippen molar-refractivity contribution in [1.29, 1.82) is 0 Å². The molecule has 6 aliphatic rings. The molecule has 38 heavy (non-hydrogen) atoms. The molecule has 3 N–H and O–H groups in total. The number of aromatic hydroxyl groups is 1. The third kappa shape index (κ3) is 2.88. The van der Waals surface area contributed by atoms with E-state index in [1.165, 1.54) is 46.1 Å². The first-order valence-electron chi connectivity index (χ1n) is 13.6. The van der Waals surface area contributed by atoms with Crippen LogP contribution in [0.15, 0.2) is 30.3 Å². The van der Waals surface area contributed by atoms with Gasteiger partial charge >= 0.3 is 0 Å². The number of nitrogens with zero attached hydrogens (tertiary/aromatic N) is 2. The van der Waals surface area contributed by atoms with Crippen molar-refractivity contribution < 1.29 is 27.9 Å². The van der Waals surface area contributed by atoms with E-state index in [1.54, 1.807) is 6.07 Å². The largest absolute Gasteiger partial charge is 0.504 e. The Hall–Kier alpha value is -2.59. The van der Waals surface area contributed by atoms with E-state index in [2.05, 4.69) is 33.7 Å². The second-order valence-electron chi connectivity index (χ2n) is 12.2. The number of fused-ring (bicyclic) bond motifs is 4. The lowest BCUT2D eigenvalue weighted by atomic mass is 9.49. The SMILES string of the molecule is CS(=O)(=O)O.Oc1ccc2c3c1O[C@H]1c4c(c5cccc6c5n4CC6)C[C@@]4(O)[C@@H](C2)N(CC2CC2)CC[C@]314. The molecule has 3 aromatic rings. The molecule has 2 aromatic carbocycles. The Labute approximate surface area is 221 Å². The second-order valence-corrected chi connectivity index (χ2v) is 13.7. The predicted molar refractivity (Wildman–Crippen MR) is 141 cm³/mol. The van der Waals surface area contributed by atoms with Crippen molar-refractivity contribution in [2.45, 2.75) is 68.2 Å². The Bertz CT molecular complexity index is 1630. The van der Waals surface area contributed by atoms with Gasteiger partial charge in [0.1, 0.15) is 0 Å². The average molecular weight is 537 g/mol. The number of benzene rings is 2. The molecule has 4 atom stereocenters. The van der Waals surface area contributed by atoms with E-state index >= 15 is 0 Å². The summed E-state index contributed by atoms with van der Waals surface area (Å²) in [7, 11) is -3.67. The highest BCUT2D eigenvalue weighted by Gasteiger charge is 2.73. The number of likely N-dealkylation sites (tertiary alicyclic amines) is 1. The van der Waals surface area contributed by atoms with Crippen LogP contribution in [0.5, 0.6) is 11.5 Å². The van der Waals surface area contributed by atoms with E-state index in [9.17, 15) is 18.6 Å². The Kier molecular flexibility index (Phi) is 4.49. The van der Waals surface area contributed by atoms with Gasteiger partial charge in [-0.05, 0) is 67.3 Å². The van der Waals surface area contributed by atoms with Gasteiger partial charge < -0.3 is 19.5 Å². The number of hydrogen-bond donors (Lipinski definition) is 3. The zero-order valence-corrected chi connectivity index (χ0v) is 22.2. The topological polar surface area (TPSA) is 112 Å². The summed E-state index contributed by atoms with van der Waals surface area (Å²) in [6, 6.07) is 10.7. The van der Waals surface area contributed by atoms with E-state index in [-0.39, 0.29) is 17.9 Å². The quantitative estimate of drug-likeness (QED) is 0.432. The van der Waals surface area contributed by atoms with Gasteiger partial charge in [-0.3, -0.25) is 9.45 Å². The van der Waals surface area contributed by atoms with E-state index in [4.69, 9.17) is 9.29 Å². The number of para-hydroxylation sites is 1. The van der Waals surface area contributed by atoms with Gasteiger partial charge in [-0.25, -0.2) is 0 Å². The van der Waals surface area contributed by atoms with Crippen molar-refractivity contribution >= 4 is 21.0 Å². The molecule has 8 nitrogen and oxygen atoms in total. The number of aryl methyl sites for hydroxylation is 2. The Morgan fingerprint density at radius 2 is 1.92 bits per heavy atom. The van der Waals surface area contributed by atoms with Crippen LogP contribution in [0, 0.1) is 5.92 Å². The molecule has 200 valence electrons. The fraction of sp³-hybridized carbons (Fsp3) is 0.517. The third-order valence-corrected chi connectivity index (χ3v) is 10.1. The summed E-state index contributed by atoms with van der Waals surface area (Å²) in [6.45, 7) is 3.08. The number of phenols is 1. The van der Waals surface area contributed by atoms with E-state index < -0.39 is 21.1 Å². The molecule has 1 saturated carbocycles.